The zero-order valence-corrected chi connectivity index (χ0v) is 8.97. The molecule has 4 heteroatoms. The summed E-state index contributed by atoms with van der Waals surface area (Å²) < 4.78 is 0. The first-order valence-electron chi connectivity index (χ1n) is 5.29. The summed E-state index contributed by atoms with van der Waals surface area (Å²) in [4.78, 5) is 11.4. The van der Waals surface area contributed by atoms with Crippen LogP contribution in [0.25, 0.3) is 0 Å². The van der Waals surface area contributed by atoms with Crippen LogP contribution in [-0.2, 0) is 0 Å². The van der Waals surface area contributed by atoms with Crippen molar-refractivity contribution in [2.24, 2.45) is 0 Å². The van der Waals surface area contributed by atoms with Gasteiger partial charge in [0.1, 0.15) is 0 Å². The average Bonchev–Trinajstić information content (AvgIpc) is 2.88. The number of rotatable bonds is 5. The van der Waals surface area contributed by atoms with Crippen molar-refractivity contribution in [3.63, 3.8) is 0 Å². The third-order valence-electron chi connectivity index (χ3n) is 2.77. The predicted molar refractivity (Wildman–Crippen MR) is 55.1 cm³/mol. The standard InChI is InChI=1S/C10H20N2O2/c1-3-10(2,6-7-13)12-9(14)11-8-4-5-8/h8,13H,3-7H2,1-2H3,(H2,11,12,14)/t10-/m1/s1. The van der Waals surface area contributed by atoms with Gasteiger partial charge in [-0.05, 0) is 32.6 Å². The Bertz CT molecular complexity index is 204. The maximum Gasteiger partial charge on any atom is 0.315 e. The van der Waals surface area contributed by atoms with Crippen LogP contribution in [-0.4, -0.2) is 29.3 Å². The Morgan fingerprint density at radius 2 is 2.21 bits per heavy atom. The molecule has 1 aliphatic carbocycles. The molecule has 1 rings (SSSR count). The van der Waals surface area contributed by atoms with Crippen molar-refractivity contribution in [2.45, 2.75) is 51.1 Å². The first-order chi connectivity index (χ1) is 6.59. The monoisotopic (exact) mass is 200 g/mol. The Hall–Kier alpha value is -0.770. The second-order valence-corrected chi connectivity index (χ2v) is 4.26. The molecule has 1 atom stereocenters. The number of hydrogen-bond donors (Lipinski definition) is 3. The van der Waals surface area contributed by atoms with Gasteiger partial charge in [0.25, 0.3) is 0 Å². The minimum absolute atomic E-state index is 0.105. The Kier molecular flexibility index (Phi) is 3.75. The van der Waals surface area contributed by atoms with Crippen LogP contribution in [0.2, 0.25) is 0 Å². The molecule has 0 aliphatic heterocycles. The van der Waals surface area contributed by atoms with Crippen LogP contribution >= 0.6 is 0 Å². The Morgan fingerprint density at radius 1 is 1.57 bits per heavy atom. The van der Waals surface area contributed by atoms with E-state index in [9.17, 15) is 4.79 Å². The van der Waals surface area contributed by atoms with Crippen molar-refractivity contribution < 1.29 is 9.90 Å². The maximum atomic E-state index is 11.4. The summed E-state index contributed by atoms with van der Waals surface area (Å²) in [7, 11) is 0. The van der Waals surface area contributed by atoms with Crippen LogP contribution in [0.4, 0.5) is 4.79 Å². The molecule has 0 saturated heterocycles. The lowest BCUT2D eigenvalue weighted by Gasteiger charge is -2.28. The molecule has 14 heavy (non-hydrogen) atoms. The lowest BCUT2D eigenvalue weighted by Crippen LogP contribution is -2.50. The lowest BCUT2D eigenvalue weighted by atomic mass is 9.95. The fourth-order valence-corrected chi connectivity index (χ4v) is 1.30. The summed E-state index contributed by atoms with van der Waals surface area (Å²) in [5, 5.41) is 14.6. The molecule has 0 aromatic carbocycles. The third-order valence-corrected chi connectivity index (χ3v) is 2.77. The van der Waals surface area contributed by atoms with Gasteiger partial charge in [0.2, 0.25) is 0 Å². The molecule has 0 unspecified atom stereocenters. The van der Waals surface area contributed by atoms with E-state index in [0.29, 0.717) is 12.5 Å². The van der Waals surface area contributed by atoms with E-state index < -0.39 is 0 Å². The summed E-state index contributed by atoms with van der Waals surface area (Å²) in [5.74, 6) is 0. The van der Waals surface area contributed by atoms with Crippen molar-refractivity contribution in [2.75, 3.05) is 6.61 Å². The van der Waals surface area contributed by atoms with Gasteiger partial charge >= 0.3 is 6.03 Å². The fourth-order valence-electron chi connectivity index (χ4n) is 1.30. The first-order valence-corrected chi connectivity index (χ1v) is 5.29. The summed E-state index contributed by atoms with van der Waals surface area (Å²) in [6.07, 6.45) is 3.61. The number of urea groups is 1. The van der Waals surface area contributed by atoms with Crippen LogP contribution in [0.3, 0.4) is 0 Å². The zero-order chi connectivity index (χ0) is 10.6. The first kappa shape index (κ1) is 11.3. The molecule has 1 aliphatic rings. The van der Waals surface area contributed by atoms with Crippen LogP contribution in [0.1, 0.15) is 39.5 Å². The van der Waals surface area contributed by atoms with Gasteiger partial charge in [-0.25, -0.2) is 4.79 Å². The number of amides is 2. The highest BCUT2D eigenvalue weighted by atomic mass is 16.3. The highest BCUT2D eigenvalue weighted by Crippen LogP contribution is 2.19. The second kappa shape index (κ2) is 4.64. The number of aliphatic hydroxyl groups is 1. The minimum Gasteiger partial charge on any atom is -0.396 e. The van der Waals surface area contributed by atoms with Gasteiger partial charge in [0.05, 0.1) is 0 Å². The number of hydrogen-bond acceptors (Lipinski definition) is 2. The Morgan fingerprint density at radius 3 is 2.64 bits per heavy atom. The molecular weight excluding hydrogens is 180 g/mol. The Balaban J connectivity index is 2.33. The lowest BCUT2D eigenvalue weighted by molar-refractivity contribution is 0.200. The molecule has 0 radical (unpaired) electrons. The van der Waals surface area contributed by atoms with E-state index in [2.05, 4.69) is 10.6 Å². The van der Waals surface area contributed by atoms with Crippen molar-refractivity contribution in [1.82, 2.24) is 10.6 Å². The van der Waals surface area contributed by atoms with Crippen LogP contribution in [0, 0.1) is 0 Å². The SMILES string of the molecule is CC[C@](C)(CCO)NC(=O)NC1CC1. The van der Waals surface area contributed by atoms with E-state index in [4.69, 9.17) is 5.11 Å². The summed E-state index contributed by atoms with van der Waals surface area (Å²) in [5.41, 5.74) is -0.284. The molecule has 1 fully saturated rings. The molecule has 0 spiro atoms. The van der Waals surface area contributed by atoms with Crippen molar-refractivity contribution in [1.29, 1.82) is 0 Å². The second-order valence-electron chi connectivity index (χ2n) is 4.26. The van der Waals surface area contributed by atoms with E-state index in [1.165, 1.54) is 0 Å². The zero-order valence-electron chi connectivity index (χ0n) is 8.97. The number of aliphatic hydroxyl groups excluding tert-OH is 1. The summed E-state index contributed by atoms with van der Waals surface area (Å²) in [6, 6.07) is 0.274. The third kappa shape index (κ3) is 3.54. The van der Waals surface area contributed by atoms with Gasteiger partial charge in [-0.2, -0.15) is 0 Å². The molecule has 0 aromatic heterocycles. The molecule has 0 bridgehead atoms. The number of carbonyl (C=O) groups is 1. The topological polar surface area (TPSA) is 61.4 Å². The molecule has 1 saturated carbocycles. The number of nitrogens with one attached hydrogen (secondary N) is 2. The van der Waals surface area contributed by atoms with Crippen LogP contribution in [0.5, 0.6) is 0 Å². The highest BCUT2D eigenvalue weighted by molar-refractivity contribution is 5.75. The smallest absolute Gasteiger partial charge is 0.315 e. The van der Waals surface area contributed by atoms with E-state index in [-0.39, 0.29) is 18.2 Å². The van der Waals surface area contributed by atoms with E-state index in [1.54, 1.807) is 0 Å². The average molecular weight is 200 g/mol. The van der Waals surface area contributed by atoms with E-state index in [0.717, 1.165) is 19.3 Å². The van der Waals surface area contributed by atoms with Crippen molar-refractivity contribution in [3.05, 3.63) is 0 Å². The highest BCUT2D eigenvalue weighted by Gasteiger charge is 2.27. The molecule has 4 nitrogen and oxygen atoms in total. The minimum atomic E-state index is -0.284. The van der Waals surface area contributed by atoms with E-state index >= 15 is 0 Å². The molecule has 0 aromatic rings. The fraction of sp³-hybridized carbons (Fsp3) is 0.900. The quantitative estimate of drug-likeness (QED) is 0.620. The molecule has 3 N–H and O–H groups in total. The normalized spacial score (nSPS) is 19.9. The van der Waals surface area contributed by atoms with Crippen LogP contribution in [0.15, 0.2) is 0 Å². The summed E-state index contributed by atoms with van der Waals surface area (Å²) in [6.45, 7) is 4.07. The van der Waals surface area contributed by atoms with Gasteiger partial charge in [0.15, 0.2) is 0 Å². The van der Waals surface area contributed by atoms with Gasteiger partial charge in [-0.1, -0.05) is 6.92 Å². The van der Waals surface area contributed by atoms with Gasteiger partial charge in [0, 0.05) is 18.2 Å². The molecule has 82 valence electrons. The number of carbonyl (C=O) groups excluding carboxylic acids is 1. The van der Waals surface area contributed by atoms with Gasteiger partial charge in [-0.15, -0.1) is 0 Å². The van der Waals surface area contributed by atoms with Gasteiger partial charge < -0.3 is 15.7 Å². The van der Waals surface area contributed by atoms with Crippen molar-refractivity contribution >= 4 is 6.03 Å². The molecular formula is C10H20N2O2. The predicted octanol–water partition coefficient (Wildman–Crippen LogP) is 0.999. The molecule has 2 amide bonds. The van der Waals surface area contributed by atoms with Crippen LogP contribution < -0.4 is 10.6 Å². The largest absolute Gasteiger partial charge is 0.396 e. The summed E-state index contributed by atoms with van der Waals surface area (Å²) >= 11 is 0. The Labute approximate surface area is 85.1 Å². The van der Waals surface area contributed by atoms with Crippen molar-refractivity contribution in [3.8, 4) is 0 Å². The molecule has 0 heterocycles. The maximum absolute atomic E-state index is 11.4. The van der Waals surface area contributed by atoms with Gasteiger partial charge in [-0.3, -0.25) is 0 Å². The van der Waals surface area contributed by atoms with E-state index in [1.807, 2.05) is 13.8 Å².